The summed E-state index contributed by atoms with van der Waals surface area (Å²) in [4.78, 5) is 14.3. The first-order valence-electron chi connectivity index (χ1n) is 8.05. The van der Waals surface area contributed by atoms with Gasteiger partial charge in [-0.15, -0.1) is 12.4 Å². The Kier molecular flexibility index (Phi) is 8.81. The quantitative estimate of drug-likeness (QED) is 0.770. The molecular formula is C16H26ClN3O4S. The number of hydrogen-bond donors (Lipinski definition) is 1. The van der Waals surface area contributed by atoms with Crippen LogP contribution in [0.25, 0.3) is 0 Å². The number of amides is 1. The topological polar surface area (TPSA) is 92.9 Å². The number of sulfonamides is 1. The molecule has 0 radical (unpaired) electrons. The van der Waals surface area contributed by atoms with Gasteiger partial charge in [-0.2, -0.15) is 4.31 Å². The Balaban J connectivity index is 0.00000312. The maximum atomic E-state index is 12.7. The van der Waals surface area contributed by atoms with Crippen molar-refractivity contribution in [1.82, 2.24) is 9.21 Å². The number of hydrogen-bond acceptors (Lipinski definition) is 5. The summed E-state index contributed by atoms with van der Waals surface area (Å²) in [6, 6.07) is 8.38. The molecule has 1 aliphatic heterocycles. The first kappa shape index (κ1) is 21.9. The van der Waals surface area contributed by atoms with Crippen molar-refractivity contribution in [3.8, 4) is 0 Å². The van der Waals surface area contributed by atoms with Gasteiger partial charge < -0.3 is 15.4 Å². The van der Waals surface area contributed by atoms with Crippen molar-refractivity contribution < 1.29 is 17.9 Å². The third-order valence-electron chi connectivity index (χ3n) is 4.19. The second-order valence-electron chi connectivity index (χ2n) is 5.75. The minimum atomic E-state index is -3.52. The summed E-state index contributed by atoms with van der Waals surface area (Å²) in [7, 11) is -1.99. The highest BCUT2D eigenvalue weighted by atomic mass is 35.5. The smallest absolute Gasteiger partial charge is 0.243 e. The van der Waals surface area contributed by atoms with Crippen molar-refractivity contribution in [3.63, 3.8) is 0 Å². The zero-order valence-corrected chi connectivity index (χ0v) is 16.0. The number of methoxy groups -OCH3 is 1. The summed E-state index contributed by atoms with van der Waals surface area (Å²) in [6.45, 7) is 1.91. The van der Waals surface area contributed by atoms with Crippen LogP contribution in [0.15, 0.2) is 35.2 Å². The Morgan fingerprint density at radius 3 is 2.48 bits per heavy atom. The molecule has 1 aliphatic rings. The van der Waals surface area contributed by atoms with E-state index in [-0.39, 0.29) is 42.3 Å². The van der Waals surface area contributed by atoms with Gasteiger partial charge in [-0.05, 0) is 18.6 Å². The minimum absolute atomic E-state index is 0. The lowest BCUT2D eigenvalue weighted by Crippen LogP contribution is -2.39. The fourth-order valence-corrected chi connectivity index (χ4v) is 4.20. The zero-order chi connectivity index (χ0) is 17.6. The molecule has 0 aromatic heterocycles. The third-order valence-corrected chi connectivity index (χ3v) is 6.10. The van der Waals surface area contributed by atoms with E-state index in [1.54, 1.807) is 35.2 Å². The number of rotatable bonds is 6. The molecule has 0 spiro atoms. The SMILES string of the molecule is COC(CN)CC(=O)N1CCCN(S(=O)(=O)c2ccccc2)CC1.Cl. The molecule has 1 fully saturated rings. The molecular weight excluding hydrogens is 366 g/mol. The average Bonchev–Trinajstić information content (AvgIpc) is 2.87. The second-order valence-corrected chi connectivity index (χ2v) is 7.69. The maximum absolute atomic E-state index is 12.7. The zero-order valence-electron chi connectivity index (χ0n) is 14.3. The van der Waals surface area contributed by atoms with E-state index >= 15 is 0 Å². The number of halogens is 1. The number of nitrogens with two attached hydrogens (primary N) is 1. The van der Waals surface area contributed by atoms with E-state index in [1.807, 2.05) is 0 Å². The fraction of sp³-hybridized carbons (Fsp3) is 0.562. The first-order valence-corrected chi connectivity index (χ1v) is 9.49. The van der Waals surface area contributed by atoms with E-state index in [2.05, 4.69) is 0 Å². The first-order chi connectivity index (χ1) is 11.5. The van der Waals surface area contributed by atoms with Crippen molar-refractivity contribution in [1.29, 1.82) is 0 Å². The molecule has 2 N–H and O–H groups in total. The Morgan fingerprint density at radius 1 is 1.20 bits per heavy atom. The van der Waals surface area contributed by atoms with Crippen LogP contribution < -0.4 is 5.73 Å². The summed E-state index contributed by atoms with van der Waals surface area (Å²) in [5, 5.41) is 0. The number of benzene rings is 1. The molecule has 7 nitrogen and oxygen atoms in total. The van der Waals surface area contributed by atoms with Crippen LogP contribution in [0, 0.1) is 0 Å². The van der Waals surface area contributed by atoms with Gasteiger partial charge in [0.25, 0.3) is 0 Å². The van der Waals surface area contributed by atoms with Crippen LogP contribution in [0.1, 0.15) is 12.8 Å². The highest BCUT2D eigenvalue weighted by molar-refractivity contribution is 7.89. The molecule has 0 aliphatic carbocycles. The highest BCUT2D eigenvalue weighted by Crippen LogP contribution is 2.17. The van der Waals surface area contributed by atoms with Gasteiger partial charge in [0.15, 0.2) is 0 Å². The molecule has 0 bridgehead atoms. The molecule has 1 atom stereocenters. The molecule has 2 rings (SSSR count). The van der Waals surface area contributed by atoms with E-state index in [9.17, 15) is 13.2 Å². The lowest BCUT2D eigenvalue weighted by Gasteiger charge is -2.23. The van der Waals surface area contributed by atoms with Crippen LogP contribution in [0.2, 0.25) is 0 Å². The number of ether oxygens (including phenoxy) is 1. The van der Waals surface area contributed by atoms with Crippen LogP contribution in [0.5, 0.6) is 0 Å². The van der Waals surface area contributed by atoms with Crippen molar-refractivity contribution in [2.75, 3.05) is 39.8 Å². The standard InChI is InChI=1S/C16H25N3O4S.ClH/c1-23-14(13-17)12-16(20)18-8-5-9-19(11-10-18)24(21,22)15-6-3-2-4-7-15;/h2-4,6-7,14H,5,8-13,17H2,1H3;1H. The molecule has 9 heteroatoms. The van der Waals surface area contributed by atoms with E-state index in [4.69, 9.17) is 10.5 Å². The van der Waals surface area contributed by atoms with Gasteiger partial charge >= 0.3 is 0 Å². The summed E-state index contributed by atoms with van der Waals surface area (Å²) in [5.74, 6) is -0.0498. The van der Waals surface area contributed by atoms with Crippen molar-refractivity contribution in [2.24, 2.45) is 5.73 Å². The van der Waals surface area contributed by atoms with Crippen LogP contribution in [-0.2, 0) is 19.6 Å². The molecule has 1 aromatic rings. The third kappa shape index (κ3) is 5.65. The Morgan fingerprint density at radius 2 is 1.88 bits per heavy atom. The van der Waals surface area contributed by atoms with Gasteiger partial charge in [0.05, 0.1) is 17.4 Å². The molecule has 142 valence electrons. The van der Waals surface area contributed by atoms with Crippen LogP contribution >= 0.6 is 12.4 Å². The van der Waals surface area contributed by atoms with Crippen LogP contribution in [0.3, 0.4) is 0 Å². The normalized spacial score (nSPS) is 17.4. The Labute approximate surface area is 155 Å². The molecule has 25 heavy (non-hydrogen) atoms. The summed E-state index contributed by atoms with van der Waals surface area (Å²) < 4.78 is 31.9. The fourth-order valence-electron chi connectivity index (χ4n) is 2.71. The maximum Gasteiger partial charge on any atom is 0.243 e. The average molecular weight is 392 g/mol. The van der Waals surface area contributed by atoms with Gasteiger partial charge in [-0.25, -0.2) is 8.42 Å². The van der Waals surface area contributed by atoms with Gasteiger partial charge in [-0.1, -0.05) is 18.2 Å². The lowest BCUT2D eigenvalue weighted by atomic mass is 10.2. The summed E-state index contributed by atoms with van der Waals surface area (Å²) >= 11 is 0. The van der Waals surface area contributed by atoms with Crippen LogP contribution in [-0.4, -0.2) is 69.5 Å². The Bertz CT molecular complexity index is 638. The number of carbonyl (C=O) groups is 1. The predicted molar refractivity (Wildman–Crippen MR) is 98.1 cm³/mol. The van der Waals surface area contributed by atoms with Crippen molar-refractivity contribution in [3.05, 3.63) is 30.3 Å². The molecule has 1 saturated heterocycles. The highest BCUT2D eigenvalue weighted by Gasteiger charge is 2.28. The molecule has 0 saturated carbocycles. The number of carbonyl (C=O) groups excluding carboxylic acids is 1. The summed E-state index contributed by atoms with van der Waals surface area (Å²) in [6.07, 6.45) is 0.529. The van der Waals surface area contributed by atoms with Crippen LogP contribution in [0.4, 0.5) is 0 Å². The predicted octanol–water partition coefficient (Wildman–Crippen LogP) is 0.695. The van der Waals surface area contributed by atoms with E-state index < -0.39 is 10.0 Å². The van der Waals surface area contributed by atoms with E-state index in [0.29, 0.717) is 32.6 Å². The molecule has 1 aromatic carbocycles. The molecule has 1 amide bonds. The van der Waals surface area contributed by atoms with E-state index in [0.717, 1.165) is 0 Å². The van der Waals surface area contributed by atoms with Crippen molar-refractivity contribution in [2.45, 2.75) is 23.8 Å². The number of nitrogens with zero attached hydrogens (tertiary/aromatic N) is 2. The largest absolute Gasteiger partial charge is 0.380 e. The lowest BCUT2D eigenvalue weighted by molar-refractivity contribution is -0.133. The minimum Gasteiger partial charge on any atom is -0.380 e. The second kappa shape index (κ2) is 10.1. The van der Waals surface area contributed by atoms with Gasteiger partial charge in [0, 0.05) is 39.8 Å². The van der Waals surface area contributed by atoms with E-state index in [1.165, 1.54) is 11.4 Å². The van der Waals surface area contributed by atoms with Gasteiger partial charge in [-0.3, -0.25) is 4.79 Å². The molecule has 1 heterocycles. The van der Waals surface area contributed by atoms with Crippen molar-refractivity contribution >= 4 is 28.3 Å². The van der Waals surface area contributed by atoms with Gasteiger partial charge in [0.1, 0.15) is 0 Å². The monoisotopic (exact) mass is 391 g/mol. The Hall–Kier alpha value is -1.19. The molecule has 1 unspecified atom stereocenters. The van der Waals surface area contributed by atoms with Gasteiger partial charge in [0.2, 0.25) is 15.9 Å². The summed E-state index contributed by atoms with van der Waals surface area (Å²) in [5.41, 5.74) is 5.55.